The fraction of sp³-hybridized carbons (Fsp3) is 0.227. The van der Waals surface area contributed by atoms with Gasteiger partial charge in [0.2, 0.25) is 0 Å². The highest BCUT2D eigenvalue weighted by Crippen LogP contribution is 2.34. The maximum atomic E-state index is 12.9. The van der Waals surface area contributed by atoms with Crippen molar-refractivity contribution >= 4 is 6.29 Å². The number of hydrogen-bond acceptors (Lipinski definition) is 1. The van der Waals surface area contributed by atoms with Gasteiger partial charge in [0.1, 0.15) is 6.29 Å². The molecule has 0 aliphatic heterocycles. The highest BCUT2D eigenvalue weighted by atomic mass is 19.4. The number of carbonyl (C=O) groups excluding carboxylic acids is 1. The van der Waals surface area contributed by atoms with Gasteiger partial charge in [-0.2, -0.15) is 13.2 Å². The predicted molar refractivity (Wildman–Crippen MR) is 95.6 cm³/mol. The molecule has 2 aromatic rings. The van der Waals surface area contributed by atoms with Crippen LogP contribution in [0.4, 0.5) is 13.2 Å². The number of carbonyl (C=O) groups is 1. The van der Waals surface area contributed by atoms with Crippen LogP contribution in [0, 0.1) is 24.2 Å². The van der Waals surface area contributed by atoms with Crippen molar-refractivity contribution in [3.05, 3.63) is 70.8 Å². The van der Waals surface area contributed by atoms with Gasteiger partial charge in [-0.25, -0.2) is 0 Å². The minimum atomic E-state index is -4.48. The van der Waals surface area contributed by atoms with Crippen LogP contribution in [0.5, 0.6) is 0 Å². The van der Waals surface area contributed by atoms with Crippen LogP contribution in [-0.4, -0.2) is 6.29 Å². The van der Waals surface area contributed by atoms with Gasteiger partial charge in [-0.05, 0) is 53.9 Å². The Morgan fingerprint density at radius 2 is 1.85 bits per heavy atom. The summed E-state index contributed by atoms with van der Waals surface area (Å²) in [4.78, 5) is 11.4. The van der Waals surface area contributed by atoms with Crippen LogP contribution in [0.15, 0.2) is 48.5 Å². The van der Waals surface area contributed by atoms with E-state index in [9.17, 15) is 18.0 Å². The lowest BCUT2D eigenvalue weighted by molar-refractivity contribution is -0.137. The van der Waals surface area contributed by atoms with Crippen LogP contribution in [-0.2, 0) is 12.6 Å². The van der Waals surface area contributed by atoms with Gasteiger partial charge < -0.3 is 0 Å². The van der Waals surface area contributed by atoms with Crippen molar-refractivity contribution in [1.82, 2.24) is 0 Å². The molecule has 0 aromatic heterocycles. The summed E-state index contributed by atoms with van der Waals surface area (Å²) >= 11 is 0. The first-order valence-corrected chi connectivity index (χ1v) is 8.09. The van der Waals surface area contributed by atoms with Crippen molar-refractivity contribution in [3.8, 4) is 24.2 Å². The topological polar surface area (TPSA) is 17.1 Å². The summed E-state index contributed by atoms with van der Waals surface area (Å²) in [6, 6.07) is 12.9. The maximum absolute atomic E-state index is 12.9. The first kappa shape index (κ1) is 19.3. The molecule has 0 bridgehead atoms. The van der Waals surface area contributed by atoms with E-state index in [-0.39, 0.29) is 11.5 Å². The SMILES string of the molecule is C#CC#CCCC(Cc1ccccc1)c1ccc(C(F)(F)F)cc1C=O. The minimum absolute atomic E-state index is 0.0608. The Morgan fingerprint density at radius 1 is 1.12 bits per heavy atom. The third kappa shape index (κ3) is 5.26. The van der Waals surface area contributed by atoms with Crippen LogP contribution >= 0.6 is 0 Å². The van der Waals surface area contributed by atoms with Crippen LogP contribution in [0.25, 0.3) is 0 Å². The number of halogens is 3. The molecule has 0 radical (unpaired) electrons. The Morgan fingerprint density at radius 3 is 2.46 bits per heavy atom. The van der Waals surface area contributed by atoms with Gasteiger partial charge in [0.25, 0.3) is 0 Å². The molecular weight excluding hydrogens is 337 g/mol. The van der Waals surface area contributed by atoms with E-state index < -0.39 is 11.7 Å². The van der Waals surface area contributed by atoms with Gasteiger partial charge in [0.05, 0.1) is 5.56 Å². The first-order valence-electron chi connectivity index (χ1n) is 8.09. The van der Waals surface area contributed by atoms with E-state index in [1.165, 1.54) is 6.07 Å². The smallest absolute Gasteiger partial charge is 0.298 e. The molecule has 0 heterocycles. The lowest BCUT2D eigenvalue weighted by Gasteiger charge is -2.19. The minimum Gasteiger partial charge on any atom is -0.298 e. The Balaban J connectivity index is 2.37. The fourth-order valence-corrected chi connectivity index (χ4v) is 2.85. The van der Waals surface area contributed by atoms with Gasteiger partial charge in [-0.3, -0.25) is 4.79 Å². The van der Waals surface area contributed by atoms with Crippen molar-refractivity contribution in [1.29, 1.82) is 0 Å². The number of alkyl halides is 3. The van der Waals surface area contributed by atoms with Crippen molar-refractivity contribution in [3.63, 3.8) is 0 Å². The van der Waals surface area contributed by atoms with Crippen molar-refractivity contribution in [2.24, 2.45) is 0 Å². The molecule has 2 aromatic carbocycles. The zero-order valence-corrected chi connectivity index (χ0v) is 14.0. The van der Waals surface area contributed by atoms with Crippen LogP contribution < -0.4 is 0 Å². The predicted octanol–water partition coefficient (Wildman–Crippen LogP) is 5.26. The van der Waals surface area contributed by atoms with Gasteiger partial charge in [-0.1, -0.05) is 42.3 Å². The molecule has 1 atom stereocenters. The first-order chi connectivity index (χ1) is 12.5. The van der Waals surface area contributed by atoms with Gasteiger partial charge in [0, 0.05) is 12.0 Å². The summed E-state index contributed by atoms with van der Waals surface area (Å²) in [7, 11) is 0. The quantitative estimate of drug-likeness (QED) is 0.511. The number of aldehydes is 1. The molecule has 0 amide bonds. The number of hydrogen-bond donors (Lipinski definition) is 0. The third-order valence-electron chi connectivity index (χ3n) is 4.08. The second-order valence-electron chi connectivity index (χ2n) is 5.83. The molecule has 0 aliphatic carbocycles. The van der Waals surface area contributed by atoms with Gasteiger partial charge >= 0.3 is 6.18 Å². The molecule has 0 fully saturated rings. The molecule has 0 N–H and O–H groups in total. The van der Waals surface area contributed by atoms with E-state index in [1.54, 1.807) is 0 Å². The van der Waals surface area contributed by atoms with Crippen molar-refractivity contribution in [2.75, 3.05) is 0 Å². The summed E-state index contributed by atoms with van der Waals surface area (Å²) in [5.41, 5.74) is 0.873. The lowest BCUT2D eigenvalue weighted by atomic mass is 9.85. The fourth-order valence-electron chi connectivity index (χ4n) is 2.85. The van der Waals surface area contributed by atoms with E-state index in [0.29, 0.717) is 31.1 Å². The highest BCUT2D eigenvalue weighted by Gasteiger charge is 2.31. The zero-order valence-electron chi connectivity index (χ0n) is 14.0. The van der Waals surface area contributed by atoms with Crippen LogP contribution in [0.1, 0.15) is 45.8 Å². The Bertz CT molecular complexity index is 849. The molecule has 1 nitrogen and oxygen atoms in total. The Labute approximate surface area is 151 Å². The van der Waals surface area contributed by atoms with E-state index in [2.05, 4.69) is 17.8 Å². The molecule has 0 aliphatic rings. The average Bonchev–Trinajstić information content (AvgIpc) is 2.64. The second-order valence-corrected chi connectivity index (χ2v) is 5.83. The Kier molecular flexibility index (Phi) is 6.64. The third-order valence-corrected chi connectivity index (χ3v) is 4.08. The second kappa shape index (κ2) is 8.92. The summed E-state index contributed by atoms with van der Waals surface area (Å²) in [5.74, 6) is 7.48. The van der Waals surface area contributed by atoms with Crippen LogP contribution in [0.2, 0.25) is 0 Å². The normalized spacial score (nSPS) is 11.8. The number of benzene rings is 2. The molecule has 26 heavy (non-hydrogen) atoms. The Hall–Kier alpha value is -2.98. The summed E-state index contributed by atoms with van der Waals surface area (Å²) < 4.78 is 38.8. The maximum Gasteiger partial charge on any atom is 0.416 e. The zero-order chi connectivity index (χ0) is 19.0. The van der Waals surface area contributed by atoms with E-state index in [1.807, 2.05) is 30.3 Å². The van der Waals surface area contributed by atoms with Crippen molar-refractivity contribution < 1.29 is 18.0 Å². The summed E-state index contributed by atoms with van der Waals surface area (Å²) in [6.07, 6.45) is 2.80. The number of rotatable bonds is 6. The molecule has 132 valence electrons. The number of terminal acetylenes is 1. The largest absolute Gasteiger partial charge is 0.416 e. The molecular formula is C22H17F3O. The summed E-state index contributed by atoms with van der Waals surface area (Å²) in [5, 5.41) is 0. The molecule has 0 saturated carbocycles. The van der Waals surface area contributed by atoms with E-state index >= 15 is 0 Å². The van der Waals surface area contributed by atoms with Gasteiger partial charge in [-0.15, -0.1) is 6.42 Å². The molecule has 0 spiro atoms. The molecule has 1 unspecified atom stereocenters. The standard InChI is InChI=1S/C22H17F3O/c1-2-3-4-8-11-18(14-17-9-6-5-7-10-17)21-13-12-20(22(23,24)25)15-19(21)16-26/h1,5-7,9-10,12-13,15-16,18H,8,11,14H2. The van der Waals surface area contributed by atoms with Crippen molar-refractivity contribution in [2.45, 2.75) is 31.4 Å². The lowest BCUT2D eigenvalue weighted by Crippen LogP contribution is -2.10. The molecule has 2 rings (SSSR count). The van der Waals surface area contributed by atoms with Gasteiger partial charge in [0.15, 0.2) is 0 Å². The molecule has 0 saturated heterocycles. The summed E-state index contributed by atoms with van der Waals surface area (Å²) in [6.45, 7) is 0. The van der Waals surface area contributed by atoms with E-state index in [0.717, 1.165) is 17.7 Å². The average molecular weight is 354 g/mol. The van der Waals surface area contributed by atoms with Crippen LogP contribution in [0.3, 0.4) is 0 Å². The molecule has 4 heteroatoms. The van der Waals surface area contributed by atoms with E-state index in [4.69, 9.17) is 6.42 Å². The monoisotopic (exact) mass is 354 g/mol. The highest BCUT2D eigenvalue weighted by molar-refractivity contribution is 5.78.